The molecule has 0 saturated carbocycles. The van der Waals surface area contributed by atoms with Crippen molar-refractivity contribution in [2.24, 2.45) is 0 Å². The molecule has 3 aromatic carbocycles. The first-order chi connectivity index (χ1) is 20.2. The molecule has 1 aliphatic rings. The Morgan fingerprint density at radius 3 is 2.50 bits per heavy atom. The molecule has 1 fully saturated rings. The Bertz CT molecular complexity index is 1920. The predicted molar refractivity (Wildman–Crippen MR) is 158 cm³/mol. The number of sulfonamides is 1. The van der Waals surface area contributed by atoms with Crippen molar-refractivity contribution < 1.29 is 26.4 Å². The number of halogens is 2. The van der Waals surface area contributed by atoms with E-state index in [1.807, 2.05) is 0 Å². The number of piperazine rings is 1. The summed E-state index contributed by atoms with van der Waals surface area (Å²) in [5.41, 5.74) is 3.37. The third-order valence-electron chi connectivity index (χ3n) is 7.55. The van der Waals surface area contributed by atoms with Crippen LogP contribution in [0.25, 0.3) is 33.2 Å². The number of hydrogen-bond donors (Lipinski definition) is 5. The van der Waals surface area contributed by atoms with E-state index in [4.69, 9.17) is 4.42 Å². The second-order valence-electron chi connectivity index (χ2n) is 10.2. The summed E-state index contributed by atoms with van der Waals surface area (Å²) in [6.45, 7) is 2.54. The van der Waals surface area contributed by atoms with Gasteiger partial charge in [0.15, 0.2) is 0 Å². The minimum absolute atomic E-state index is 0.146. The van der Waals surface area contributed by atoms with Crippen molar-refractivity contribution in [2.45, 2.75) is 19.0 Å². The van der Waals surface area contributed by atoms with E-state index in [1.165, 1.54) is 44.3 Å². The number of nitrogens with one attached hydrogen (secondary N) is 5. The molecule has 5 N–H and O–H groups in total. The highest BCUT2D eigenvalue weighted by Gasteiger charge is 2.30. The van der Waals surface area contributed by atoms with Crippen molar-refractivity contribution in [2.75, 3.05) is 30.6 Å². The van der Waals surface area contributed by atoms with Crippen molar-refractivity contribution in [1.29, 1.82) is 0 Å². The standard InChI is InChI=1S/C30H29F2N5O4S/c1-3-42(39,40)37-23-13-27-20(28(30(38)33-2)29(41-27)16-7-9-17(31)10-8-16)11-19(23)25-14-34-15-26(36-25)24-12-18-21(32)5-4-6-22(18)35-24/h4-13,25-26,34-37H,3,14-15H2,1-2H3,(H,33,38). The van der Waals surface area contributed by atoms with Crippen molar-refractivity contribution in [3.63, 3.8) is 0 Å². The summed E-state index contributed by atoms with van der Waals surface area (Å²) in [4.78, 5) is 16.4. The Labute approximate surface area is 240 Å². The number of H-pyrrole nitrogens is 1. The number of aromatic amines is 1. The molecule has 0 spiro atoms. The lowest BCUT2D eigenvalue weighted by molar-refractivity contribution is 0.0964. The van der Waals surface area contributed by atoms with E-state index >= 15 is 0 Å². The number of anilines is 1. The maximum absolute atomic E-state index is 14.4. The SMILES string of the molecule is CCS(=O)(=O)Nc1cc2oc(-c3ccc(F)cc3)c(C(=O)NC)c2cc1C1CNCC(c2cc3c(F)cccc3[nH]2)N1. The van der Waals surface area contributed by atoms with Crippen LogP contribution in [0.4, 0.5) is 14.5 Å². The highest BCUT2D eigenvalue weighted by molar-refractivity contribution is 7.92. The number of carbonyl (C=O) groups excluding carboxylic acids is 1. The van der Waals surface area contributed by atoms with Crippen LogP contribution in [0.5, 0.6) is 0 Å². The van der Waals surface area contributed by atoms with Gasteiger partial charge in [-0.2, -0.15) is 0 Å². The fourth-order valence-electron chi connectivity index (χ4n) is 5.39. The van der Waals surface area contributed by atoms with E-state index in [0.29, 0.717) is 46.2 Å². The zero-order valence-corrected chi connectivity index (χ0v) is 23.7. The number of aromatic nitrogens is 1. The third-order valence-corrected chi connectivity index (χ3v) is 8.84. The molecule has 1 aliphatic heterocycles. The van der Waals surface area contributed by atoms with Gasteiger partial charge in [0.25, 0.3) is 5.91 Å². The summed E-state index contributed by atoms with van der Waals surface area (Å²) < 4.78 is 62.3. The highest BCUT2D eigenvalue weighted by Crippen LogP contribution is 2.39. The molecule has 9 nitrogen and oxygen atoms in total. The van der Waals surface area contributed by atoms with Gasteiger partial charge in [-0.05, 0) is 61.0 Å². The minimum Gasteiger partial charge on any atom is -0.455 e. The predicted octanol–water partition coefficient (Wildman–Crippen LogP) is 4.96. The molecule has 0 bridgehead atoms. The normalized spacial score (nSPS) is 17.5. The van der Waals surface area contributed by atoms with Crippen LogP contribution >= 0.6 is 0 Å². The maximum Gasteiger partial charge on any atom is 0.255 e. The van der Waals surface area contributed by atoms with E-state index in [9.17, 15) is 22.0 Å². The topological polar surface area (TPSA) is 128 Å². The summed E-state index contributed by atoms with van der Waals surface area (Å²) in [5, 5.41) is 10.5. The molecule has 42 heavy (non-hydrogen) atoms. The Balaban J connectivity index is 1.48. The van der Waals surface area contributed by atoms with Crippen LogP contribution in [0.2, 0.25) is 0 Å². The van der Waals surface area contributed by atoms with Crippen molar-refractivity contribution in [3.8, 4) is 11.3 Å². The van der Waals surface area contributed by atoms with Crippen LogP contribution in [0.15, 0.2) is 65.1 Å². The number of benzene rings is 3. The number of furan rings is 1. The second-order valence-corrected chi connectivity index (χ2v) is 12.2. The molecule has 2 atom stereocenters. The molecule has 0 radical (unpaired) electrons. The van der Waals surface area contributed by atoms with Crippen LogP contribution in [0.1, 0.15) is 40.6 Å². The zero-order chi connectivity index (χ0) is 29.6. The second kappa shape index (κ2) is 10.9. The van der Waals surface area contributed by atoms with Crippen LogP contribution in [-0.4, -0.2) is 45.2 Å². The highest BCUT2D eigenvalue weighted by atomic mass is 32.2. The molecule has 3 heterocycles. The largest absolute Gasteiger partial charge is 0.455 e. The van der Waals surface area contributed by atoms with Gasteiger partial charge in [-0.1, -0.05) is 6.07 Å². The molecule has 0 aliphatic carbocycles. The molecule has 5 aromatic rings. The Hall–Kier alpha value is -4.26. The zero-order valence-electron chi connectivity index (χ0n) is 22.8. The first-order valence-electron chi connectivity index (χ1n) is 13.5. The molecule has 2 aromatic heterocycles. The molecule has 6 rings (SSSR count). The first-order valence-corrected chi connectivity index (χ1v) is 15.2. The number of fused-ring (bicyclic) bond motifs is 2. The average Bonchev–Trinajstić information content (AvgIpc) is 3.59. The van der Waals surface area contributed by atoms with Crippen molar-refractivity contribution in [1.82, 2.24) is 20.9 Å². The van der Waals surface area contributed by atoms with Gasteiger partial charge in [-0.3, -0.25) is 14.8 Å². The van der Waals surface area contributed by atoms with Crippen molar-refractivity contribution in [3.05, 3.63) is 89.1 Å². The third kappa shape index (κ3) is 5.13. The van der Waals surface area contributed by atoms with E-state index in [-0.39, 0.29) is 34.5 Å². The summed E-state index contributed by atoms with van der Waals surface area (Å²) in [7, 11) is -2.18. The summed E-state index contributed by atoms with van der Waals surface area (Å²) >= 11 is 0. The van der Waals surface area contributed by atoms with Crippen LogP contribution < -0.4 is 20.7 Å². The molecular formula is C30H29F2N5O4S. The smallest absolute Gasteiger partial charge is 0.255 e. The lowest BCUT2D eigenvalue weighted by Crippen LogP contribution is -2.45. The van der Waals surface area contributed by atoms with E-state index in [1.54, 1.807) is 30.3 Å². The van der Waals surface area contributed by atoms with E-state index in [2.05, 4.69) is 25.7 Å². The van der Waals surface area contributed by atoms with Gasteiger partial charge in [0.1, 0.15) is 23.0 Å². The average molecular weight is 594 g/mol. The van der Waals surface area contributed by atoms with Gasteiger partial charge in [0, 0.05) is 59.8 Å². The monoisotopic (exact) mass is 593 g/mol. The molecule has 2 unspecified atom stereocenters. The molecule has 218 valence electrons. The number of hydrogen-bond acceptors (Lipinski definition) is 6. The summed E-state index contributed by atoms with van der Waals surface area (Å²) in [6.07, 6.45) is 0. The number of rotatable bonds is 7. The summed E-state index contributed by atoms with van der Waals surface area (Å²) in [5.74, 6) is -1.08. The molecular weight excluding hydrogens is 564 g/mol. The van der Waals surface area contributed by atoms with E-state index < -0.39 is 27.8 Å². The van der Waals surface area contributed by atoms with Gasteiger partial charge < -0.3 is 20.0 Å². The first kappa shape index (κ1) is 27.9. The van der Waals surface area contributed by atoms with E-state index in [0.717, 1.165) is 5.69 Å². The quantitative estimate of drug-likeness (QED) is 0.182. The lowest BCUT2D eigenvalue weighted by atomic mass is 9.96. The Morgan fingerprint density at radius 2 is 1.79 bits per heavy atom. The van der Waals surface area contributed by atoms with Gasteiger partial charge in [0.2, 0.25) is 10.0 Å². The number of amides is 1. The molecule has 1 amide bonds. The van der Waals surface area contributed by atoms with Crippen molar-refractivity contribution >= 4 is 43.5 Å². The number of carbonyl (C=O) groups is 1. The van der Waals surface area contributed by atoms with Crippen LogP contribution in [-0.2, 0) is 10.0 Å². The van der Waals surface area contributed by atoms with Crippen LogP contribution in [0, 0.1) is 11.6 Å². The van der Waals surface area contributed by atoms with Gasteiger partial charge in [-0.25, -0.2) is 17.2 Å². The molecule has 12 heteroatoms. The van der Waals surface area contributed by atoms with Gasteiger partial charge >= 0.3 is 0 Å². The fraction of sp³-hybridized carbons (Fsp3) is 0.233. The fourth-order valence-corrected chi connectivity index (χ4v) is 6.05. The lowest BCUT2D eigenvalue weighted by Gasteiger charge is -2.33. The maximum atomic E-state index is 14.4. The minimum atomic E-state index is -3.68. The molecule has 1 saturated heterocycles. The summed E-state index contributed by atoms with van der Waals surface area (Å²) in [6, 6.07) is 14.9. The van der Waals surface area contributed by atoms with Gasteiger partial charge in [0.05, 0.1) is 23.0 Å². The van der Waals surface area contributed by atoms with Gasteiger partial charge in [-0.15, -0.1) is 0 Å². The Morgan fingerprint density at radius 1 is 1.02 bits per heavy atom. The van der Waals surface area contributed by atoms with Crippen LogP contribution in [0.3, 0.4) is 0 Å². The Kier molecular flexibility index (Phi) is 7.21.